The van der Waals surface area contributed by atoms with Crippen molar-refractivity contribution in [1.82, 2.24) is 0 Å². The molecule has 0 aliphatic heterocycles. The molecule has 0 radical (unpaired) electrons. The van der Waals surface area contributed by atoms with E-state index in [0.717, 1.165) is 4.47 Å². The van der Waals surface area contributed by atoms with Crippen LogP contribution in [-0.2, 0) is 16.6 Å². The smallest absolute Gasteiger partial charge is 0.262 e. The molecule has 0 saturated heterocycles. The van der Waals surface area contributed by atoms with Crippen LogP contribution in [-0.4, -0.2) is 15.5 Å². The van der Waals surface area contributed by atoms with Crippen LogP contribution in [0.3, 0.4) is 0 Å². The summed E-state index contributed by atoms with van der Waals surface area (Å²) in [5.74, 6) is 0.544. The van der Waals surface area contributed by atoms with Crippen molar-refractivity contribution in [2.24, 2.45) is 5.73 Å². The lowest BCUT2D eigenvalue weighted by Crippen LogP contribution is -2.16. The molecule has 0 heterocycles. The Labute approximate surface area is 132 Å². The van der Waals surface area contributed by atoms with Crippen molar-refractivity contribution in [3.8, 4) is 5.75 Å². The van der Waals surface area contributed by atoms with E-state index < -0.39 is 10.0 Å². The number of methoxy groups -OCH3 is 1. The van der Waals surface area contributed by atoms with E-state index in [1.54, 1.807) is 36.4 Å². The van der Waals surface area contributed by atoms with Crippen LogP contribution in [0.4, 0.5) is 5.69 Å². The standard InChI is InChI=1S/C14H15BrN2O3S/c1-20-13-8-11(6-7-12(13)15)17-21(18,19)14-5-3-2-4-10(14)9-16/h2-8,17H,9,16H2,1H3. The summed E-state index contributed by atoms with van der Waals surface area (Å²) < 4.78 is 33.3. The normalized spacial score (nSPS) is 11.2. The molecular formula is C14H15BrN2O3S. The zero-order valence-electron chi connectivity index (χ0n) is 11.3. The van der Waals surface area contributed by atoms with Crippen LogP contribution >= 0.6 is 15.9 Å². The molecule has 0 atom stereocenters. The number of anilines is 1. The predicted molar refractivity (Wildman–Crippen MR) is 85.8 cm³/mol. The second kappa shape index (κ2) is 6.46. The first-order valence-electron chi connectivity index (χ1n) is 6.12. The Hall–Kier alpha value is -1.57. The molecule has 7 heteroatoms. The summed E-state index contributed by atoms with van der Waals surface area (Å²) >= 11 is 3.32. The van der Waals surface area contributed by atoms with Gasteiger partial charge in [0.2, 0.25) is 0 Å². The molecular weight excluding hydrogens is 356 g/mol. The molecule has 0 fully saturated rings. The van der Waals surface area contributed by atoms with Crippen LogP contribution in [0.25, 0.3) is 0 Å². The van der Waals surface area contributed by atoms with Crippen LogP contribution in [0.1, 0.15) is 5.56 Å². The van der Waals surface area contributed by atoms with E-state index in [0.29, 0.717) is 17.0 Å². The molecule has 0 aliphatic rings. The molecule has 2 rings (SSSR count). The molecule has 112 valence electrons. The van der Waals surface area contributed by atoms with Gasteiger partial charge in [0.1, 0.15) is 5.75 Å². The lowest BCUT2D eigenvalue weighted by atomic mass is 10.2. The highest BCUT2D eigenvalue weighted by atomic mass is 79.9. The number of nitrogens with two attached hydrogens (primary N) is 1. The van der Waals surface area contributed by atoms with E-state index in [9.17, 15) is 8.42 Å². The Bertz CT molecular complexity index is 748. The number of nitrogens with one attached hydrogen (secondary N) is 1. The number of benzene rings is 2. The second-order valence-corrected chi connectivity index (χ2v) is 6.77. The first-order valence-corrected chi connectivity index (χ1v) is 8.40. The molecule has 2 aromatic rings. The number of hydrogen-bond donors (Lipinski definition) is 2. The summed E-state index contributed by atoms with van der Waals surface area (Å²) in [7, 11) is -2.18. The van der Waals surface area contributed by atoms with Gasteiger partial charge in [0, 0.05) is 12.6 Å². The van der Waals surface area contributed by atoms with Gasteiger partial charge in [0.15, 0.2) is 0 Å². The Morgan fingerprint density at radius 1 is 1.24 bits per heavy atom. The predicted octanol–water partition coefficient (Wildman–Crippen LogP) is 2.72. The van der Waals surface area contributed by atoms with Crippen molar-refractivity contribution in [2.45, 2.75) is 11.4 Å². The van der Waals surface area contributed by atoms with E-state index in [1.165, 1.54) is 13.2 Å². The highest BCUT2D eigenvalue weighted by Gasteiger charge is 2.18. The van der Waals surface area contributed by atoms with Crippen molar-refractivity contribution in [1.29, 1.82) is 0 Å². The van der Waals surface area contributed by atoms with E-state index >= 15 is 0 Å². The third-order valence-electron chi connectivity index (χ3n) is 2.89. The second-order valence-electron chi connectivity index (χ2n) is 4.27. The summed E-state index contributed by atoms with van der Waals surface area (Å²) in [4.78, 5) is 0.175. The van der Waals surface area contributed by atoms with Crippen LogP contribution < -0.4 is 15.2 Å². The van der Waals surface area contributed by atoms with Gasteiger partial charge in [-0.15, -0.1) is 0 Å². The quantitative estimate of drug-likeness (QED) is 0.847. The highest BCUT2D eigenvalue weighted by molar-refractivity contribution is 9.10. The SMILES string of the molecule is COc1cc(NS(=O)(=O)c2ccccc2CN)ccc1Br. The van der Waals surface area contributed by atoms with Gasteiger partial charge in [-0.05, 0) is 39.7 Å². The fourth-order valence-corrected chi connectivity index (χ4v) is 3.58. The molecule has 0 bridgehead atoms. The first kappa shape index (κ1) is 15.8. The molecule has 0 spiro atoms. The maximum Gasteiger partial charge on any atom is 0.262 e. The summed E-state index contributed by atoms with van der Waals surface area (Å²) in [6.07, 6.45) is 0. The molecule has 0 aromatic heterocycles. The van der Waals surface area contributed by atoms with Crippen molar-refractivity contribution in [3.63, 3.8) is 0 Å². The van der Waals surface area contributed by atoms with E-state index in [-0.39, 0.29) is 11.4 Å². The van der Waals surface area contributed by atoms with Crippen molar-refractivity contribution >= 4 is 31.6 Å². The largest absolute Gasteiger partial charge is 0.495 e. The Morgan fingerprint density at radius 2 is 1.95 bits per heavy atom. The van der Waals surface area contributed by atoms with Gasteiger partial charge in [-0.1, -0.05) is 18.2 Å². The molecule has 21 heavy (non-hydrogen) atoms. The Balaban J connectivity index is 2.37. The summed E-state index contributed by atoms with van der Waals surface area (Å²) in [6.45, 7) is 0.154. The average molecular weight is 371 g/mol. The van der Waals surface area contributed by atoms with Crippen LogP contribution in [0.5, 0.6) is 5.75 Å². The van der Waals surface area contributed by atoms with Gasteiger partial charge >= 0.3 is 0 Å². The zero-order valence-corrected chi connectivity index (χ0v) is 13.7. The third-order valence-corrected chi connectivity index (χ3v) is 5.02. The summed E-state index contributed by atoms with van der Waals surface area (Å²) in [5.41, 5.74) is 6.57. The number of rotatable bonds is 5. The Morgan fingerprint density at radius 3 is 2.62 bits per heavy atom. The maximum absolute atomic E-state index is 12.4. The number of ether oxygens (including phenoxy) is 1. The molecule has 3 N–H and O–H groups in total. The zero-order chi connectivity index (χ0) is 15.5. The summed E-state index contributed by atoms with van der Waals surface area (Å²) in [6, 6.07) is 11.6. The maximum atomic E-state index is 12.4. The molecule has 0 aliphatic carbocycles. The van der Waals surface area contributed by atoms with Crippen molar-refractivity contribution in [3.05, 3.63) is 52.5 Å². The highest BCUT2D eigenvalue weighted by Crippen LogP contribution is 2.29. The van der Waals surface area contributed by atoms with Gasteiger partial charge in [-0.25, -0.2) is 8.42 Å². The minimum absolute atomic E-state index is 0.154. The minimum Gasteiger partial charge on any atom is -0.495 e. The van der Waals surface area contributed by atoms with Gasteiger partial charge in [-0.2, -0.15) is 0 Å². The van der Waals surface area contributed by atoms with E-state index in [1.807, 2.05) is 0 Å². The lowest BCUT2D eigenvalue weighted by Gasteiger charge is -2.12. The molecule has 2 aromatic carbocycles. The third kappa shape index (κ3) is 3.55. The van der Waals surface area contributed by atoms with Crippen molar-refractivity contribution in [2.75, 3.05) is 11.8 Å². The molecule has 0 unspecified atom stereocenters. The number of hydrogen-bond acceptors (Lipinski definition) is 4. The van der Waals surface area contributed by atoms with Crippen molar-refractivity contribution < 1.29 is 13.2 Å². The van der Waals surface area contributed by atoms with E-state index in [2.05, 4.69) is 20.7 Å². The first-order chi connectivity index (χ1) is 9.97. The monoisotopic (exact) mass is 370 g/mol. The molecule has 5 nitrogen and oxygen atoms in total. The average Bonchev–Trinajstić information content (AvgIpc) is 2.49. The molecule has 0 saturated carbocycles. The van der Waals surface area contributed by atoms with Gasteiger partial charge in [-0.3, -0.25) is 4.72 Å². The minimum atomic E-state index is -3.69. The van der Waals surface area contributed by atoms with Gasteiger partial charge < -0.3 is 10.5 Å². The van der Waals surface area contributed by atoms with Crippen LogP contribution in [0, 0.1) is 0 Å². The fraction of sp³-hybridized carbons (Fsp3) is 0.143. The van der Waals surface area contributed by atoms with E-state index in [4.69, 9.17) is 10.5 Å². The van der Waals surface area contributed by atoms with Gasteiger partial charge in [0.25, 0.3) is 10.0 Å². The van der Waals surface area contributed by atoms with Crippen LogP contribution in [0.15, 0.2) is 51.8 Å². The number of sulfonamides is 1. The fourth-order valence-electron chi connectivity index (χ4n) is 1.87. The lowest BCUT2D eigenvalue weighted by molar-refractivity contribution is 0.412. The van der Waals surface area contributed by atoms with Crippen LogP contribution in [0.2, 0.25) is 0 Å². The Kier molecular flexibility index (Phi) is 4.87. The topological polar surface area (TPSA) is 81.4 Å². The number of halogens is 1. The summed E-state index contributed by atoms with van der Waals surface area (Å²) in [5, 5.41) is 0. The molecule has 0 amide bonds. The van der Waals surface area contributed by atoms with Gasteiger partial charge in [0.05, 0.1) is 22.2 Å².